The van der Waals surface area contributed by atoms with Gasteiger partial charge in [-0.1, -0.05) is 49.2 Å². The van der Waals surface area contributed by atoms with Crippen molar-refractivity contribution in [3.63, 3.8) is 0 Å². The van der Waals surface area contributed by atoms with Crippen LogP contribution in [0.1, 0.15) is 59.7 Å². The van der Waals surface area contributed by atoms with Gasteiger partial charge < -0.3 is 19.4 Å². The molecule has 3 aromatic rings. The molecule has 0 bridgehead atoms. The van der Waals surface area contributed by atoms with Crippen molar-refractivity contribution >= 4 is 47.7 Å². The number of nitrogens with one attached hydrogen (secondary N) is 2. The summed E-state index contributed by atoms with van der Waals surface area (Å²) in [6.07, 6.45) is 0. The highest BCUT2D eigenvalue weighted by Crippen LogP contribution is 2.37. The van der Waals surface area contributed by atoms with Crippen molar-refractivity contribution in [2.75, 3.05) is 17.2 Å². The topological polar surface area (TPSA) is 104 Å². The predicted octanol–water partition coefficient (Wildman–Crippen LogP) is 5.62. The summed E-state index contributed by atoms with van der Waals surface area (Å²) in [5.41, 5.74) is 2.14. The monoisotopic (exact) mass is 566 g/mol. The Bertz CT molecular complexity index is 1400. The molecule has 1 aliphatic rings. The molecule has 0 aliphatic carbocycles. The summed E-state index contributed by atoms with van der Waals surface area (Å²) < 4.78 is 19.1. The number of amides is 2. The number of benzene rings is 2. The molecular formula is C29H36BClN4O5. The van der Waals surface area contributed by atoms with Gasteiger partial charge in [0, 0.05) is 18.4 Å². The highest BCUT2D eigenvalue weighted by Gasteiger charge is 2.51. The van der Waals surface area contributed by atoms with E-state index in [9.17, 15) is 9.59 Å². The Morgan fingerprint density at radius 3 is 2.23 bits per heavy atom. The first-order chi connectivity index (χ1) is 18.6. The minimum Gasteiger partial charge on any atom is -0.465 e. The Morgan fingerprint density at radius 2 is 1.65 bits per heavy atom. The van der Waals surface area contributed by atoms with Gasteiger partial charge in [-0.2, -0.15) is 5.10 Å². The lowest BCUT2D eigenvalue weighted by molar-refractivity contribution is -0.142. The zero-order chi connectivity index (χ0) is 29.5. The number of ether oxygens (including phenoxy) is 1. The summed E-state index contributed by atoms with van der Waals surface area (Å²) >= 11 is 6.55. The Morgan fingerprint density at radius 1 is 1.02 bits per heavy atom. The minimum absolute atomic E-state index is 0.142. The highest BCUT2D eigenvalue weighted by molar-refractivity contribution is 6.62. The molecule has 2 N–H and O–H groups in total. The number of carbonyl (C=O) groups excluding carboxylic acids is 2. The largest absolute Gasteiger partial charge is 0.494 e. The van der Waals surface area contributed by atoms with Gasteiger partial charge in [0.1, 0.15) is 12.4 Å². The molecule has 1 aliphatic heterocycles. The highest BCUT2D eigenvalue weighted by atomic mass is 35.5. The molecule has 0 unspecified atom stereocenters. The molecule has 0 saturated carbocycles. The molecule has 2 aromatic carbocycles. The van der Waals surface area contributed by atoms with Gasteiger partial charge in [-0.15, -0.1) is 0 Å². The molecule has 0 atom stereocenters. The molecule has 1 saturated heterocycles. The van der Waals surface area contributed by atoms with Gasteiger partial charge in [0.15, 0.2) is 0 Å². The average molecular weight is 567 g/mol. The van der Waals surface area contributed by atoms with E-state index >= 15 is 0 Å². The van der Waals surface area contributed by atoms with E-state index in [4.69, 9.17) is 30.7 Å². The van der Waals surface area contributed by atoms with Crippen LogP contribution in [-0.2, 0) is 24.3 Å². The van der Waals surface area contributed by atoms with Gasteiger partial charge in [0.25, 0.3) is 0 Å². The predicted molar refractivity (Wildman–Crippen MR) is 158 cm³/mol. The first kappa shape index (κ1) is 29.6. The number of nitrogens with zero attached hydrogens (tertiary/aromatic N) is 2. The van der Waals surface area contributed by atoms with Crippen molar-refractivity contribution in [2.45, 2.75) is 72.0 Å². The number of aromatic nitrogens is 2. The maximum atomic E-state index is 13.1. The summed E-state index contributed by atoms with van der Waals surface area (Å²) in [7, 11) is -0.567. The van der Waals surface area contributed by atoms with Gasteiger partial charge in [0.2, 0.25) is 0 Å². The Labute approximate surface area is 240 Å². The fraction of sp³-hybridized carbons (Fsp3) is 0.414. The van der Waals surface area contributed by atoms with Crippen LogP contribution in [0.5, 0.6) is 0 Å². The Kier molecular flexibility index (Phi) is 8.09. The molecule has 2 heterocycles. The van der Waals surface area contributed by atoms with Gasteiger partial charge in [-0.05, 0) is 64.3 Å². The first-order valence-corrected chi connectivity index (χ1v) is 13.5. The quantitative estimate of drug-likeness (QED) is 0.284. The first-order valence-electron chi connectivity index (χ1n) is 13.1. The summed E-state index contributed by atoms with van der Waals surface area (Å²) in [5, 5.41) is 10.8. The molecule has 40 heavy (non-hydrogen) atoms. The molecule has 11 heteroatoms. The van der Waals surface area contributed by atoms with Crippen LogP contribution in [-0.4, -0.2) is 46.7 Å². The van der Waals surface area contributed by atoms with Crippen molar-refractivity contribution in [2.24, 2.45) is 0 Å². The van der Waals surface area contributed by atoms with E-state index in [-0.39, 0.29) is 12.6 Å². The fourth-order valence-electron chi connectivity index (χ4n) is 4.07. The number of hydrogen-bond acceptors (Lipinski definition) is 6. The van der Waals surface area contributed by atoms with Crippen LogP contribution in [0, 0.1) is 6.92 Å². The normalized spacial score (nSPS) is 16.1. The molecule has 1 fully saturated rings. The maximum Gasteiger partial charge on any atom is 0.494 e. The third-order valence-electron chi connectivity index (χ3n) is 7.33. The third kappa shape index (κ3) is 6.35. The lowest BCUT2D eigenvalue weighted by Gasteiger charge is -2.32. The van der Waals surface area contributed by atoms with E-state index in [1.165, 1.54) is 6.92 Å². The molecule has 0 spiro atoms. The van der Waals surface area contributed by atoms with Crippen LogP contribution in [0.4, 0.5) is 16.3 Å². The van der Waals surface area contributed by atoms with E-state index < -0.39 is 29.8 Å². The summed E-state index contributed by atoms with van der Waals surface area (Å²) in [6, 6.07) is 14.3. The minimum atomic E-state index is -0.596. The Hall–Kier alpha value is -3.34. The van der Waals surface area contributed by atoms with Gasteiger partial charge in [0.05, 0.1) is 33.3 Å². The zero-order valence-corrected chi connectivity index (χ0v) is 25.0. The number of esters is 1. The number of carbonyl (C=O) groups is 2. The summed E-state index contributed by atoms with van der Waals surface area (Å²) in [4.78, 5) is 24.5. The van der Waals surface area contributed by atoms with Crippen LogP contribution in [0.25, 0.3) is 5.69 Å². The third-order valence-corrected chi connectivity index (χ3v) is 7.64. The number of urea groups is 1. The Balaban J connectivity index is 1.55. The van der Waals surface area contributed by atoms with Crippen LogP contribution >= 0.6 is 11.6 Å². The number of hydrogen-bond donors (Lipinski definition) is 2. The van der Waals surface area contributed by atoms with Crippen LogP contribution < -0.4 is 16.1 Å². The zero-order valence-electron chi connectivity index (χ0n) is 24.2. The SMILES string of the molecule is CC(=O)OCC(C)(C)c1cc(NC(=O)Nc2ccc(B3OC(C)(C)C(C)(C)O3)cc2Cl)n(-c2ccc(C)cc2)n1. The lowest BCUT2D eigenvalue weighted by Crippen LogP contribution is -2.41. The van der Waals surface area contributed by atoms with E-state index in [2.05, 4.69) is 10.6 Å². The standard InChI is InChI=1S/C29H36BClN4O5/c1-18-9-12-21(13-10-18)35-25(16-24(34-35)27(3,4)17-38-19(2)36)33-26(37)32-23-14-11-20(15-22(23)31)30-39-28(5,6)29(7,8)40-30/h9-16H,17H2,1-8H3,(H2,32,33,37). The molecule has 2 amide bonds. The number of aryl methyl sites for hydroxylation is 1. The van der Waals surface area contributed by atoms with Gasteiger partial charge in [-0.3, -0.25) is 10.1 Å². The lowest BCUT2D eigenvalue weighted by atomic mass is 9.79. The van der Waals surface area contributed by atoms with Gasteiger partial charge >= 0.3 is 19.1 Å². The summed E-state index contributed by atoms with van der Waals surface area (Å²) in [6.45, 7) is 15.3. The van der Waals surface area contributed by atoms with Crippen molar-refractivity contribution in [3.8, 4) is 5.69 Å². The van der Waals surface area contributed by atoms with Gasteiger partial charge in [-0.25, -0.2) is 9.48 Å². The van der Waals surface area contributed by atoms with Crippen molar-refractivity contribution < 1.29 is 23.6 Å². The molecule has 4 rings (SSSR count). The van der Waals surface area contributed by atoms with Crippen molar-refractivity contribution in [1.29, 1.82) is 0 Å². The smallest absolute Gasteiger partial charge is 0.465 e. The van der Waals surface area contributed by atoms with Crippen LogP contribution in [0.2, 0.25) is 5.02 Å². The molecule has 1 aromatic heterocycles. The van der Waals surface area contributed by atoms with Crippen LogP contribution in [0.15, 0.2) is 48.5 Å². The van der Waals surface area contributed by atoms with E-state index in [0.29, 0.717) is 22.2 Å². The van der Waals surface area contributed by atoms with Crippen LogP contribution in [0.3, 0.4) is 0 Å². The molecule has 0 radical (unpaired) electrons. The van der Waals surface area contributed by atoms with E-state index in [0.717, 1.165) is 16.7 Å². The number of halogens is 1. The van der Waals surface area contributed by atoms with E-state index in [1.54, 1.807) is 22.9 Å². The second kappa shape index (κ2) is 10.9. The van der Waals surface area contributed by atoms with Crippen molar-refractivity contribution in [3.05, 3.63) is 64.8 Å². The number of rotatable bonds is 7. The second-order valence-electron chi connectivity index (χ2n) is 11.7. The molecule has 9 nitrogen and oxygen atoms in total. The van der Waals surface area contributed by atoms with Crippen molar-refractivity contribution in [1.82, 2.24) is 9.78 Å². The molecular weight excluding hydrogens is 531 g/mol. The summed E-state index contributed by atoms with van der Waals surface area (Å²) in [5.74, 6) is 0.0716. The fourth-order valence-corrected chi connectivity index (χ4v) is 4.30. The van der Waals surface area contributed by atoms with E-state index in [1.807, 2.05) is 78.8 Å². The maximum absolute atomic E-state index is 13.1. The second-order valence-corrected chi connectivity index (χ2v) is 12.1. The molecule has 212 valence electrons. The average Bonchev–Trinajstić information content (AvgIpc) is 3.37. The number of anilines is 2.